The highest BCUT2D eigenvalue weighted by atomic mass is 32.1. The average molecular weight is 463 g/mol. The Morgan fingerprint density at radius 2 is 1.58 bits per heavy atom. The van der Waals surface area contributed by atoms with Crippen LogP contribution in [0, 0.1) is 37.0 Å². The molecule has 2 amide bonds. The SMILES string of the molecule is Cc1ccc(NC(=O)c2c(NC(=O)C34CC5CC(CC(C5)C3)C4)sc3c2CCCC3)cc1C. The fourth-order valence-electron chi connectivity index (χ4n) is 7.53. The van der Waals surface area contributed by atoms with E-state index >= 15 is 0 Å². The van der Waals surface area contributed by atoms with Crippen molar-refractivity contribution in [2.75, 3.05) is 10.6 Å². The predicted octanol–water partition coefficient (Wildman–Crippen LogP) is 6.65. The number of amides is 2. The van der Waals surface area contributed by atoms with Gasteiger partial charge in [0.1, 0.15) is 5.00 Å². The monoisotopic (exact) mass is 462 g/mol. The lowest BCUT2D eigenvalue weighted by atomic mass is 9.49. The van der Waals surface area contributed by atoms with E-state index in [4.69, 9.17) is 0 Å². The van der Waals surface area contributed by atoms with Crippen LogP contribution in [0.25, 0.3) is 0 Å². The lowest BCUT2D eigenvalue weighted by Gasteiger charge is -2.55. The maximum absolute atomic E-state index is 13.8. The van der Waals surface area contributed by atoms with E-state index in [1.807, 2.05) is 18.2 Å². The minimum absolute atomic E-state index is 0.0848. The van der Waals surface area contributed by atoms with Crippen molar-refractivity contribution >= 4 is 33.8 Å². The molecule has 0 unspecified atom stereocenters. The maximum Gasteiger partial charge on any atom is 0.258 e. The molecule has 4 nitrogen and oxygen atoms in total. The number of thiophene rings is 1. The molecule has 4 saturated carbocycles. The van der Waals surface area contributed by atoms with E-state index in [2.05, 4.69) is 24.5 Å². The summed E-state index contributed by atoms with van der Waals surface area (Å²) < 4.78 is 0. The second-order valence-corrected chi connectivity index (χ2v) is 12.4. The highest BCUT2D eigenvalue weighted by molar-refractivity contribution is 7.17. The highest BCUT2D eigenvalue weighted by Crippen LogP contribution is 2.60. The number of aryl methyl sites for hydroxylation is 3. The van der Waals surface area contributed by atoms with E-state index in [9.17, 15) is 9.59 Å². The molecule has 4 bridgehead atoms. The molecule has 0 aliphatic heterocycles. The van der Waals surface area contributed by atoms with Gasteiger partial charge in [0, 0.05) is 10.6 Å². The van der Waals surface area contributed by atoms with Gasteiger partial charge in [0.2, 0.25) is 5.91 Å². The van der Waals surface area contributed by atoms with Crippen LogP contribution in [-0.2, 0) is 17.6 Å². The molecule has 1 aromatic carbocycles. The lowest BCUT2D eigenvalue weighted by molar-refractivity contribution is -0.140. The number of nitrogens with one attached hydrogen (secondary N) is 2. The van der Waals surface area contributed by atoms with Gasteiger partial charge >= 0.3 is 0 Å². The zero-order valence-electron chi connectivity index (χ0n) is 19.8. The Bertz CT molecular complexity index is 1100. The molecule has 0 spiro atoms. The van der Waals surface area contributed by atoms with Crippen LogP contribution in [-0.4, -0.2) is 11.8 Å². The molecule has 0 atom stereocenters. The van der Waals surface area contributed by atoms with Crippen molar-refractivity contribution in [2.45, 2.75) is 78.1 Å². The van der Waals surface area contributed by atoms with Crippen molar-refractivity contribution in [3.05, 3.63) is 45.3 Å². The van der Waals surface area contributed by atoms with Crippen LogP contribution >= 0.6 is 11.3 Å². The summed E-state index contributed by atoms with van der Waals surface area (Å²) in [5, 5.41) is 7.24. The maximum atomic E-state index is 13.8. The molecule has 2 N–H and O–H groups in total. The molecule has 7 rings (SSSR count). The molecule has 2 aromatic rings. The van der Waals surface area contributed by atoms with Crippen molar-refractivity contribution in [3.8, 4) is 0 Å². The minimum Gasteiger partial charge on any atom is -0.322 e. The van der Waals surface area contributed by atoms with Crippen LogP contribution in [0.3, 0.4) is 0 Å². The van der Waals surface area contributed by atoms with Crippen molar-refractivity contribution < 1.29 is 9.59 Å². The van der Waals surface area contributed by atoms with E-state index in [1.165, 1.54) is 29.7 Å². The third-order valence-corrected chi connectivity index (χ3v) is 10.1. The van der Waals surface area contributed by atoms with Gasteiger partial charge in [-0.2, -0.15) is 0 Å². The first-order chi connectivity index (χ1) is 15.9. The number of carbonyl (C=O) groups is 2. The van der Waals surface area contributed by atoms with Gasteiger partial charge < -0.3 is 10.6 Å². The Labute approximate surface area is 200 Å². The fourth-order valence-corrected chi connectivity index (χ4v) is 8.81. The zero-order valence-corrected chi connectivity index (χ0v) is 20.6. The summed E-state index contributed by atoms with van der Waals surface area (Å²) in [6.45, 7) is 4.14. The van der Waals surface area contributed by atoms with E-state index in [0.717, 1.165) is 84.5 Å². The molecule has 0 saturated heterocycles. The Morgan fingerprint density at radius 1 is 0.909 bits per heavy atom. The first-order valence-electron chi connectivity index (χ1n) is 12.7. The number of benzene rings is 1. The summed E-state index contributed by atoms with van der Waals surface area (Å²) in [6.07, 6.45) is 11.3. The van der Waals surface area contributed by atoms with Gasteiger partial charge in [-0.1, -0.05) is 6.07 Å². The topological polar surface area (TPSA) is 58.2 Å². The third-order valence-electron chi connectivity index (χ3n) is 8.91. The van der Waals surface area contributed by atoms with Crippen LogP contribution in [0.15, 0.2) is 18.2 Å². The van der Waals surface area contributed by atoms with Crippen molar-refractivity contribution in [1.29, 1.82) is 0 Å². The van der Waals surface area contributed by atoms with E-state index in [1.54, 1.807) is 11.3 Å². The number of hydrogen-bond donors (Lipinski definition) is 2. The molecular formula is C28H34N2O2S. The number of hydrogen-bond acceptors (Lipinski definition) is 3. The molecule has 1 aromatic heterocycles. The number of fused-ring (bicyclic) bond motifs is 1. The first kappa shape index (κ1) is 21.4. The van der Waals surface area contributed by atoms with Crippen LogP contribution < -0.4 is 10.6 Å². The van der Waals surface area contributed by atoms with Crippen LogP contribution in [0.4, 0.5) is 10.7 Å². The normalized spacial score (nSPS) is 29.6. The van der Waals surface area contributed by atoms with Crippen LogP contribution in [0.1, 0.15) is 83.3 Å². The number of carbonyl (C=O) groups excluding carboxylic acids is 2. The van der Waals surface area contributed by atoms with Crippen LogP contribution in [0.5, 0.6) is 0 Å². The number of rotatable bonds is 4. The smallest absolute Gasteiger partial charge is 0.258 e. The Balaban J connectivity index is 1.30. The largest absolute Gasteiger partial charge is 0.322 e. The molecule has 174 valence electrons. The summed E-state index contributed by atoms with van der Waals surface area (Å²) >= 11 is 1.65. The van der Waals surface area contributed by atoms with E-state index in [0.29, 0.717) is 5.56 Å². The van der Waals surface area contributed by atoms with Gasteiger partial charge in [0.05, 0.1) is 11.0 Å². The molecule has 5 aliphatic rings. The second kappa shape index (κ2) is 7.97. The molecule has 33 heavy (non-hydrogen) atoms. The lowest BCUT2D eigenvalue weighted by Crippen LogP contribution is -2.51. The minimum atomic E-state index is -0.207. The second-order valence-electron chi connectivity index (χ2n) is 11.3. The fraction of sp³-hybridized carbons (Fsp3) is 0.571. The standard InChI is InChI=1S/C28H34N2O2S/c1-16-7-8-21(9-17(16)2)29-25(31)24-22-5-3-4-6-23(22)33-26(24)30-27(32)28-13-18-10-19(14-28)12-20(11-18)15-28/h7-9,18-20H,3-6,10-15H2,1-2H3,(H,29,31)(H,30,32). The quantitative estimate of drug-likeness (QED) is 0.534. The Hall–Kier alpha value is -2.14. The summed E-state index contributed by atoms with van der Waals surface area (Å²) in [4.78, 5) is 28.6. The van der Waals surface area contributed by atoms with Crippen molar-refractivity contribution in [3.63, 3.8) is 0 Å². The highest BCUT2D eigenvalue weighted by Gasteiger charge is 2.54. The van der Waals surface area contributed by atoms with Gasteiger partial charge in [-0.25, -0.2) is 0 Å². The van der Waals surface area contributed by atoms with Gasteiger partial charge in [-0.3, -0.25) is 9.59 Å². The molecule has 1 heterocycles. The Kier molecular flexibility index (Phi) is 5.17. The Morgan fingerprint density at radius 3 is 2.24 bits per heavy atom. The van der Waals surface area contributed by atoms with Crippen LogP contribution in [0.2, 0.25) is 0 Å². The molecule has 5 heteroatoms. The molecular weight excluding hydrogens is 428 g/mol. The first-order valence-corrected chi connectivity index (χ1v) is 13.6. The zero-order chi connectivity index (χ0) is 22.7. The predicted molar refractivity (Wildman–Crippen MR) is 134 cm³/mol. The van der Waals surface area contributed by atoms with Crippen molar-refractivity contribution in [1.82, 2.24) is 0 Å². The van der Waals surface area contributed by atoms with E-state index in [-0.39, 0.29) is 17.2 Å². The summed E-state index contributed by atoms with van der Waals surface area (Å²) in [7, 11) is 0. The molecule has 4 fully saturated rings. The van der Waals surface area contributed by atoms with Gasteiger partial charge in [-0.05, 0) is 125 Å². The van der Waals surface area contributed by atoms with Gasteiger partial charge in [0.15, 0.2) is 0 Å². The third kappa shape index (κ3) is 3.73. The summed E-state index contributed by atoms with van der Waals surface area (Å²) in [5.41, 5.74) is 4.86. The van der Waals surface area contributed by atoms with E-state index < -0.39 is 0 Å². The van der Waals surface area contributed by atoms with Crippen molar-refractivity contribution in [2.24, 2.45) is 23.2 Å². The average Bonchev–Trinajstić information content (AvgIpc) is 3.13. The summed E-state index contributed by atoms with van der Waals surface area (Å²) in [5.74, 6) is 2.28. The number of anilines is 2. The van der Waals surface area contributed by atoms with Gasteiger partial charge in [0.25, 0.3) is 5.91 Å². The van der Waals surface area contributed by atoms with Gasteiger partial charge in [-0.15, -0.1) is 11.3 Å². The summed E-state index contributed by atoms with van der Waals surface area (Å²) in [6, 6.07) is 6.04. The molecule has 5 aliphatic carbocycles. The molecule has 0 radical (unpaired) electrons.